The third-order valence-corrected chi connectivity index (χ3v) is 3.81. The second-order valence-corrected chi connectivity index (χ2v) is 5.35. The van der Waals surface area contributed by atoms with E-state index in [4.69, 9.17) is 4.74 Å². The number of likely N-dealkylation sites (N-methyl/N-ethyl adjacent to an activating group) is 1. The molecule has 2 rings (SSSR count). The number of methoxy groups -OCH3 is 1. The second kappa shape index (κ2) is 6.38. The lowest BCUT2D eigenvalue weighted by atomic mass is 10.2. The lowest BCUT2D eigenvalue weighted by molar-refractivity contribution is -0.129. The molecule has 3 nitrogen and oxygen atoms in total. The van der Waals surface area contributed by atoms with Gasteiger partial charge in [-0.15, -0.1) is 11.3 Å². The molecule has 0 fully saturated rings. The van der Waals surface area contributed by atoms with E-state index in [1.165, 1.54) is 0 Å². The number of ether oxygens (including phenoxy) is 1. The number of para-hydroxylation sites is 1. The first-order valence-electron chi connectivity index (χ1n) is 6.09. The number of hydrogen-bond donors (Lipinski definition) is 0. The van der Waals surface area contributed by atoms with E-state index >= 15 is 0 Å². The number of amides is 1. The predicted molar refractivity (Wildman–Crippen MR) is 77.5 cm³/mol. The molecule has 0 aliphatic rings. The molecule has 0 radical (unpaired) electrons. The lowest BCUT2D eigenvalue weighted by Gasteiger charge is -2.18. The van der Waals surface area contributed by atoms with Crippen molar-refractivity contribution in [3.63, 3.8) is 0 Å². The molecule has 0 spiro atoms. The maximum atomic E-state index is 12.1. The zero-order valence-electron chi connectivity index (χ0n) is 11.1. The van der Waals surface area contributed by atoms with Crippen LogP contribution in [0.25, 0.3) is 0 Å². The maximum absolute atomic E-state index is 12.1. The quantitative estimate of drug-likeness (QED) is 0.839. The second-order valence-electron chi connectivity index (χ2n) is 4.32. The molecule has 19 heavy (non-hydrogen) atoms. The van der Waals surface area contributed by atoms with Crippen molar-refractivity contribution in [2.45, 2.75) is 13.0 Å². The average molecular weight is 275 g/mol. The van der Waals surface area contributed by atoms with Gasteiger partial charge in [0.15, 0.2) is 0 Å². The van der Waals surface area contributed by atoms with Crippen molar-refractivity contribution in [1.29, 1.82) is 0 Å². The summed E-state index contributed by atoms with van der Waals surface area (Å²) in [5.74, 6) is 0.937. The van der Waals surface area contributed by atoms with E-state index < -0.39 is 0 Å². The highest BCUT2D eigenvalue weighted by Crippen LogP contribution is 2.19. The van der Waals surface area contributed by atoms with Crippen LogP contribution in [0.5, 0.6) is 5.75 Å². The molecule has 0 saturated heterocycles. The third kappa shape index (κ3) is 3.58. The number of carbonyl (C=O) groups is 1. The van der Waals surface area contributed by atoms with Gasteiger partial charge in [-0.25, -0.2) is 0 Å². The first-order chi connectivity index (χ1) is 9.20. The Labute approximate surface area is 117 Å². The highest BCUT2D eigenvalue weighted by Gasteiger charge is 2.12. The number of benzene rings is 1. The summed E-state index contributed by atoms with van der Waals surface area (Å²) >= 11 is 1.61. The van der Waals surface area contributed by atoms with Crippen LogP contribution in [0.15, 0.2) is 41.8 Å². The van der Waals surface area contributed by atoms with Gasteiger partial charge in [0.2, 0.25) is 5.91 Å². The maximum Gasteiger partial charge on any atom is 0.227 e. The summed E-state index contributed by atoms with van der Waals surface area (Å²) in [6.07, 6.45) is 0.462. The molecule has 0 unspecified atom stereocenters. The van der Waals surface area contributed by atoms with Crippen LogP contribution in [0.2, 0.25) is 0 Å². The van der Waals surface area contributed by atoms with Crippen molar-refractivity contribution >= 4 is 17.2 Å². The summed E-state index contributed by atoms with van der Waals surface area (Å²) in [6.45, 7) is 0.564. The van der Waals surface area contributed by atoms with Crippen molar-refractivity contribution in [2.75, 3.05) is 14.2 Å². The predicted octanol–water partition coefficient (Wildman–Crippen LogP) is 2.96. The summed E-state index contributed by atoms with van der Waals surface area (Å²) in [7, 11) is 3.47. The SMILES string of the molecule is COc1ccccc1CN(C)C(=O)Cc1cccs1. The van der Waals surface area contributed by atoms with E-state index in [0.29, 0.717) is 13.0 Å². The van der Waals surface area contributed by atoms with Crippen LogP contribution in [-0.2, 0) is 17.8 Å². The molecule has 0 aliphatic heterocycles. The van der Waals surface area contributed by atoms with Gasteiger partial charge in [-0.05, 0) is 17.5 Å². The molecule has 0 aliphatic carbocycles. The van der Waals surface area contributed by atoms with Crippen LogP contribution in [-0.4, -0.2) is 25.0 Å². The molecule has 1 heterocycles. The minimum absolute atomic E-state index is 0.119. The number of rotatable bonds is 5. The molecule has 0 atom stereocenters. The van der Waals surface area contributed by atoms with E-state index in [9.17, 15) is 4.79 Å². The van der Waals surface area contributed by atoms with Gasteiger partial charge >= 0.3 is 0 Å². The molecule has 2 aromatic rings. The Morgan fingerprint density at radius 3 is 2.74 bits per heavy atom. The summed E-state index contributed by atoms with van der Waals surface area (Å²) in [6, 6.07) is 11.7. The Balaban J connectivity index is 2.00. The zero-order chi connectivity index (χ0) is 13.7. The Kier molecular flexibility index (Phi) is 4.58. The summed E-state index contributed by atoms with van der Waals surface area (Å²) in [5.41, 5.74) is 1.02. The fraction of sp³-hybridized carbons (Fsp3) is 0.267. The summed E-state index contributed by atoms with van der Waals surface area (Å²) < 4.78 is 5.30. The molecule has 1 aromatic heterocycles. The monoisotopic (exact) mass is 275 g/mol. The van der Waals surface area contributed by atoms with E-state index in [1.54, 1.807) is 23.3 Å². The minimum Gasteiger partial charge on any atom is -0.496 e. The molecule has 0 N–H and O–H groups in total. The van der Waals surface area contributed by atoms with Crippen molar-refractivity contribution in [2.24, 2.45) is 0 Å². The zero-order valence-corrected chi connectivity index (χ0v) is 11.9. The van der Waals surface area contributed by atoms with Gasteiger partial charge in [-0.1, -0.05) is 24.3 Å². The number of hydrogen-bond acceptors (Lipinski definition) is 3. The van der Waals surface area contributed by atoms with Gasteiger partial charge in [-0.3, -0.25) is 4.79 Å². The van der Waals surface area contributed by atoms with Crippen LogP contribution < -0.4 is 4.74 Å². The first kappa shape index (κ1) is 13.6. The Hall–Kier alpha value is -1.81. The fourth-order valence-electron chi connectivity index (χ4n) is 1.87. The lowest BCUT2D eigenvalue weighted by Crippen LogP contribution is -2.27. The van der Waals surface area contributed by atoms with Gasteiger partial charge in [0.05, 0.1) is 13.5 Å². The highest BCUT2D eigenvalue weighted by atomic mass is 32.1. The van der Waals surface area contributed by atoms with E-state index in [2.05, 4.69) is 0 Å². The smallest absolute Gasteiger partial charge is 0.227 e. The van der Waals surface area contributed by atoms with Crippen molar-refractivity contribution in [3.8, 4) is 5.75 Å². The van der Waals surface area contributed by atoms with E-state index in [0.717, 1.165) is 16.2 Å². The van der Waals surface area contributed by atoms with E-state index in [-0.39, 0.29) is 5.91 Å². The van der Waals surface area contributed by atoms with Crippen molar-refractivity contribution < 1.29 is 9.53 Å². The van der Waals surface area contributed by atoms with Gasteiger partial charge in [0, 0.05) is 24.0 Å². The minimum atomic E-state index is 0.119. The van der Waals surface area contributed by atoms with E-state index in [1.807, 2.05) is 48.8 Å². The molecule has 4 heteroatoms. The number of thiophene rings is 1. The normalized spacial score (nSPS) is 10.2. The van der Waals surface area contributed by atoms with Gasteiger partial charge in [-0.2, -0.15) is 0 Å². The van der Waals surface area contributed by atoms with Crippen LogP contribution in [0, 0.1) is 0 Å². The van der Waals surface area contributed by atoms with Gasteiger partial charge in [0.1, 0.15) is 5.75 Å². The standard InChI is InChI=1S/C15H17NO2S/c1-16(15(17)10-13-7-5-9-19-13)11-12-6-3-4-8-14(12)18-2/h3-9H,10-11H2,1-2H3. The molecule has 0 saturated carbocycles. The molecule has 1 aromatic carbocycles. The molecular formula is C15H17NO2S. The highest BCUT2D eigenvalue weighted by molar-refractivity contribution is 7.10. The van der Waals surface area contributed by atoms with Crippen molar-refractivity contribution in [1.82, 2.24) is 4.90 Å². The van der Waals surface area contributed by atoms with Crippen LogP contribution in [0.1, 0.15) is 10.4 Å². The molecule has 1 amide bonds. The summed E-state index contributed by atoms with van der Waals surface area (Å²) in [4.78, 5) is 14.9. The Morgan fingerprint density at radius 2 is 2.05 bits per heavy atom. The molecule has 100 valence electrons. The number of nitrogens with zero attached hydrogens (tertiary/aromatic N) is 1. The van der Waals surface area contributed by atoms with Crippen LogP contribution in [0.3, 0.4) is 0 Å². The van der Waals surface area contributed by atoms with Gasteiger partial charge < -0.3 is 9.64 Å². The van der Waals surface area contributed by atoms with Crippen LogP contribution in [0.4, 0.5) is 0 Å². The molecule has 0 bridgehead atoms. The van der Waals surface area contributed by atoms with Crippen LogP contribution >= 0.6 is 11.3 Å². The molecular weight excluding hydrogens is 258 g/mol. The largest absolute Gasteiger partial charge is 0.496 e. The first-order valence-corrected chi connectivity index (χ1v) is 6.97. The number of carbonyl (C=O) groups excluding carboxylic acids is 1. The van der Waals surface area contributed by atoms with Crippen molar-refractivity contribution in [3.05, 3.63) is 52.2 Å². The Morgan fingerprint density at radius 1 is 1.26 bits per heavy atom. The fourth-order valence-corrected chi connectivity index (χ4v) is 2.57. The summed E-state index contributed by atoms with van der Waals surface area (Å²) in [5, 5.41) is 1.99. The third-order valence-electron chi connectivity index (χ3n) is 2.93. The Bertz CT molecular complexity index is 537. The average Bonchev–Trinajstić information content (AvgIpc) is 2.92. The van der Waals surface area contributed by atoms with Gasteiger partial charge in [0.25, 0.3) is 0 Å². The topological polar surface area (TPSA) is 29.5 Å².